The number of piperidine rings is 1. The van der Waals surface area contributed by atoms with E-state index in [4.69, 9.17) is 0 Å². The number of nitrogens with zero attached hydrogens (tertiary/aromatic N) is 5. The molecule has 2 aromatic rings. The number of pyridine rings is 1. The monoisotopic (exact) mass is 377 g/mol. The molecule has 2 aromatic heterocycles. The van der Waals surface area contributed by atoms with E-state index in [1.54, 1.807) is 23.5 Å². The molecule has 0 N–H and O–H groups in total. The number of anilines is 1. The van der Waals surface area contributed by atoms with E-state index >= 15 is 0 Å². The Kier molecular flexibility index (Phi) is 4.45. The Hall–Kier alpha value is -2.71. The Labute approximate surface area is 154 Å². The highest BCUT2D eigenvalue weighted by atomic mass is 19.4. The van der Waals surface area contributed by atoms with Crippen LogP contribution in [0.25, 0.3) is 0 Å². The van der Waals surface area contributed by atoms with Crippen molar-refractivity contribution in [2.45, 2.75) is 25.1 Å². The molecule has 6 nitrogen and oxygen atoms in total. The van der Waals surface area contributed by atoms with Crippen LogP contribution in [0.5, 0.6) is 0 Å². The first-order valence-electron chi connectivity index (χ1n) is 8.78. The highest BCUT2D eigenvalue weighted by molar-refractivity contribution is 5.94. The molecule has 9 heteroatoms. The van der Waals surface area contributed by atoms with Crippen molar-refractivity contribution in [2.24, 2.45) is 5.92 Å². The molecule has 27 heavy (non-hydrogen) atoms. The molecule has 142 valence electrons. The molecule has 0 aliphatic carbocycles. The number of rotatable bonds is 2. The number of hydrogen-bond donors (Lipinski definition) is 0. The van der Waals surface area contributed by atoms with Crippen LogP contribution in [0.3, 0.4) is 0 Å². The number of fused-ring (bicyclic) bond motifs is 1. The van der Waals surface area contributed by atoms with Gasteiger partial charge in [-0.05, 0) is 30.9 Å². The summed E-state index contributed by atoms with van der Waals surface area (Å²) >= 11 is 0. The van der Waals surface area contributed by atoms with Crippen molar-refractivity contribution in [3.05, 3.63) is 48.2 Å². The molecule has 2 atom stereocenters. The molecule has 0 radical (unpaired) electrons. The number of hydrogen-bond acceptors (Lipinski definition) is 5. The smallest absolute Gasteiger partial charge is 0.353 e. The van der Waals surface area contributed by atoms with E-state index in [2.05, 4.69) is 19.9 Å². The maximum atomic E-state index is 12.9. The standard InChI is InChI=1S/C18H18F3N5O/c19-18(20,21)15-2-1-13(9-24-15)17(27)26-8-4-12-3-7-25(11-14(12)26)16-10-22-5-6-23-16/h1-2,5-6,9-10,12,14H,3-4,7-8,11H2. The summed E-state index contributed by atoms with van der Waals surface area (Å²) in [6.45, 7) is 2.09. The first kappa shape index (κ1) is 17.7. The number of likely N-dealkylation sites (tertiary alicyclic amines) is 1. The summed E-state index contributed by atoms with van der Waals surface area (Å²) in [6, 6.07) is 2.07. The average Bonchev–Trinajstić information content (AvgIpc) is 3.11. The molecular formula is C18H18F3N5O. The van der Waals surface area contributed by atoms with Gasteiger partial charge in [-0.1, -0.05) is 0 Å². The zero-order valence-corrected chi connectivity index (χ0v) is 14.4. The first-order valence-corrected chi connectivity index (χ1v) is 8.78. The topological polar surface area (TPSA) is 62.2 Å². The van der Waals surface area contributed by atoms with Gasteiger partial charge in [0.1, 0.15) is 11.5 Å². The first-order chi connectivity index (χ1) is 12.9. The van der Waals surface area contributed by atoms with Crippen LogP contribution in [0, 0.1) is 5.92 Å². The van der Waals surface area contributed by atoms with Crippen molar-refractivity contribution in [3.63, 3.8) is 0 Å². The largest absolute Gasteiger partial charge is 0.433 e. The second kappa shape index (κ2) is 6.79. The lowest BCUT2D eigenvalue weighted by Crippen LogP contribution is -2.50. The van der Waals surface area contributed by atoms with Crippen LogP contribution in [-0.4, -0.2) is 51.4 Å². The lowest BCUT2D eigenvalue weighted by molar-refractivity contribution is -0.141. The minimum absolute atomic E-state index is 0.00977. The molecule has 4 heterocycles. The number of amides is 1. The Morgan fingerprint density at radius 1 is 1.07 bits per heavy atom. The fraction of sp³-hybridized carbons (Fsp3) is 0.444. The zero-order chi connectivity index (χ0) is 19.0. The van der Waals surface area contributed by atoms with Gasteiger partial charge in [-0.15, -0.1) is 0 Å². The second-order valence-electron chi connectivity index (χ2n) is 6.84. The summed E-state index contributed by atoms with van der Waals surface area (Å²) in [5, 5.41) is 0. The molecule has 2 aliphatic rings. The molecular weight excluding hydrogens is 359 g/mol. The van der Waals surface area contributed by atoms with Crippen molar-refractivity contribution < 1.29 is 18.0 Å². The van der Waals surface area contributed by atoms with Gasteiger partial charge in [-0.2, -0.15) is 13.2 Å². The van der Waals surface area contributed by atoms with Crippen LogP contribution in [0.1, 0.15) is 28.9 Å². The van der Waals surface area contributed by atoms with E-state index in [0.717, 1.165) is 37.5 Å². The van der Waals surface area contributed by atoms with Gasteiger partial charge in [-0.3, -0.25) is 14.8 Å². The van der Waals surface area contributed by atoms with Crippen LogP contribution >= 0.6 is 0 Å². The van der Waals surface area contributed by atoms with Crippen LogP contribution in [0.4, 0.5) is 19.0 Å². The summed E-state index contributed by atoms with van der Waals surface area (Å²) in [5.41, 5.74) is -0.815. The van der Waals surface area contributed by atoms with E-state index in [0.29, 0.717) is 19.0 Å². The molecule has 0 bridgehead atoms. The highest BCUT2D eigenvalue weighted by Crippen LogP contribution is 2.34. The second-order valence-corrected chi connectivity index (χ2v) is 6.84. The molecule has 0 aromatic carbocycles. The molecule has 2 fully saturated rings. The predicted molar refractivity (Wildman–Crippen MR) is 91.0 cm³/mol. The molecule has 1 amide bonds. The van der Waals surface area contributed by atoms with Gasteiger partial charge in [0.15, 0.2) is 0 Å². The van der Waals surface area contributed by atoms with Crippen molar-refractivity contribution in [1.29, 1.82) is 0 Å². The van der Waals surface area contributed by atoms with Gasteiger partial charge in [-0.25, -0.2) is 4.98 Å². The highest BCUT2D eigenvalue weighted by Gasteiger charge is 2.41. The van der Waals surface area contributed by atoms with Gasteiger partial charge in [0.05, 0.1) is 17.8 Å². The minimum Gasteiger partial charge on any atom is -0.353 e. The third kappa shape index (κ3) is 3.45. The average molecular weight is 377 g/mol. The minimum atomic E-state index is -4.51. The van der Waals surface area contributed by atoms with Crippen LogP contribution < -0.4 is 4.90 Å². The summed E-state index contributed by atoms with van der Waals surface area (Å²) in [7, 11) is 0. The van der Waals surface area contributed by atoms with Crippen LogP contribution in [-0.2, 0) is 6.18 Å². The zero-order valence-electron chi connectivity index (χ0n) is 14.4. The van der Waals surface area contributed by atoms with E-state index < -0.39 is 11.9 Å². The molecule has 2 aliphatic heterocycles. The summed E-state index contributed by atoms with van der Waals surface area (Å²) < 4.78 is 38.0. The molecule has 0 spiro atoms. The Bertz CT molecular complexity index is 812. The summed E-state index contributed by atoms with van der Waals surface area (Å²) in [4.78, 5) is 28.5. The predicted octanol–water partition coefficient (Wildman–Crippen LogP) is 2.63. The van der Waals surface area contributed by atoms with E-state index in [9.17, 15) is 18.0 Å². The Morgan fingerprint density at radius 3 is 2.56 bits per heavy atom. The van der Waals surface area contributed by atoms with Gasteiger partial charge < -0.3 is 9.80 Å². The molecule has 2 unspecified atom stereocenters. The van der Waals surface area contributed by atoms with Crippen molar-refractivity contribution in [3.8, 4) is 0 Å². The Morgan fingerprint density at radius 2 is 1.89 bits per heavy atom. The molecule has 4 rings (SSSR count). The molecule has 0 saturated carbocycles. The lowest BCUT2D eigenvalue weighted by atomic mass is 9.92. The van der Waals surface area contributed by atoms with Crippen molar-refractivity contribution in [1.82, 2.24) is 19.9 Å². The normalized spacial score (nSPS) is 22.6. The third-order valence-electron chi connectivity index (χ3n) is 5.30. The van der Waals surface area contributed by atoms with Crippen LogP contribution in [0.2, 0.25) is 0 Å². The fourth-order valence-corrected chi connectivity index (χ4v) is 3.91. The van der Waals surface area contributed by atoms with E-state index in [1.807, 2.05) is 0 Å². The van der Waals surface area contributed by atoms with E-state index in [-0.39, 0.29) is 17.5 Å². The van der Waals surface area contributed by atoms with E-state index in [1.165, 1.54) is 6.07 Å². The third-order valence-corrected chi connectivity index (χ3v) is 5.30. The number of carbonyl (C=O) groups is 1. The SMILES string of the molecule is O=C(c1ccc(C(F)(F)F)nc1)N1CCC2CCN(c3cnccn3)CC21. The maximum absolute atomic E-state index is 12.9. The fourth-order valence-electron chi connectivity index (χ4n) is 3.91. The van der Waals surface area contributed by atoms with Crippen molar-refractivity contribution in [2.75, 3.05) is 24.5 Å². The summed E-state index contributed by atoms with van der Waals surface area (Å²) in [5.74, 6) is 0.889. The maximum Gasteiger partial charge on any atom is 0.433 e. The number of aromatic nitrogens is 3. The lowest BCUT2D eigenvalue weighted by Gasteiger charge is -2.38. The number of carbonyl (C=O) groups excluding carboxylic acids is 1. The van der Waals surface area contributed by atoms with Gasteiger partial charge in [0.25, 0.3) is 5.91 Å². The summed E-state index contributed by atoms with van der Waals surface area (Å²) in [6.07, 6.45) is 3.28. The van der Waals surface area contributed by atoms with Gasteiger partial charge >= 0.3 is 6.18 Å². The van der Waals surface area contributed by atoms with Crippen LogP contribution in [0.15, 0.2) is 36.9 Å². The van der Waals surface area contributed by atoms with Gasteiger partial charge in [0, 0.05) is 38.2 Å². The Balaban J connectivity index is 1.51. The quantitative estimate of drug-likeness (QED) is 0.805. The van der Waals surface area contributed by atoms with Gasteiger partial charge in [0.2, 0.25) is 0 Å². The molecule has 2 saturated heterocycles. The van der Waals surface area contributed by atoms with Crippen molar-refractivity contribution >= 4 is 11.7 Å². The number of halogens is 3. The number of alkyl halides is 3.